The molecule has 0 saturated heterocycles. The molecule has 2 aliphatic rings. The quantitative estimate of drug-likeness (QED) is 0.603. The highest BCUT2D eigenvalue weighted by molar-refractivity contribution is 7.85. The van der Waals surface area contributed by atoms with E-state index in [1.807, 2.05) is 26.0 Å². The molecule has 120 valence electrons. The molecule has 0 aromatic heterocycles. The number of carbonyl (C=O) groups is 1. The van der Waals surface area contributed by atoms with Gasteiger partial charge in [-0.2, -0.15) is 14.3 Å². The Bertz CT molecular complexity index is 729. The lowest BCUT2D eigenvalue weighted by molar-refractivity contribution is -0.135. The minimum Gasteiger partial charge on any atom is -0.368 e. The van der Waals surface area contributed by atoms with E-state index in [4.69, 9.17) is 5.90 Å². The van der Waals surface area contributed by atoms with Crippen molar-refractivity contribution in [1.29, 1.82) is 0 Å². The summed E-state index contributed by atoms with van der Waals surface area (Å²) in [5.41, 5.74) is 0.939. The van der Waals surface area contributed by atoms with Crippen LogP contribution in [0.3, 0.4) is 0 Å². The third-order valence-corrected chi connectivity index (χ3v) is 3.76. The van der Waals surface area contributed by atoms with Crippen LogP contribution in [0.2, 0.25) is 0 Å². The van der Waals surface area contributed by atoms with Gasteiger partial charge in [-0.3, -0.25) is 4.28 Å². The Morgan fingerprint density at radius 2 is 2.00 bits per heavy atom. The molecule has 0 unspecified atom stereocenters. The lowest BCUT2D eigenvalue weighted by Crippen LogP contribution is -2.36. The Balaban J connectivity index is 2.50. The van der Waals surface area contributed by atoms with Gasteiger partial charge < -0.3 is 4.84 Å². The summed E-state index contributed by atoms with van der Waals surface area (Å²) in [5, 5.41) is 3.39. The Morgan fingerprint density at radius 3 is 2.55 bits per heavy atom. The summed E-state index contributed by atoms with van der Waals surface area (Å²) in [4.78, 5) is 20.4. The third-order valence-electron chi connectivity index (χ3n) is 3.42. The Morgan fingerprint density at radius 1 is 1.36 bits per heavy atom. The van der Waals surface area contributed by atoms with Crippen molar-refractivity contribution in [2.75, 3.05) is 6.26 Å². The van der Waals surface area contributed by atoms with Crippen molar-refractivity contribution in [1.82, 2.24) is 0 Å². The van der Waals surface area contributed by atoms with E-state index in [9.17, 15) is 13.2 Å². The van der Waals surface area contributed by atoms with Gasteiger partial charge >= 0.3 is 16.1 Å². The zero-order valence-electron chi connectivity index (χ0n) is 12.5. The molecule has 1 heterocycles. The molecule has 1 aliphatic carbocycles. The van der Waals surface area contributed by atoms with Gasteiger partial charge in [0.2, 0.25) is 5.71 Å². The monoisotopic (exact) mass is 327 g/mol. The van der Waals surface area contributed by atoms with E-state index in [1.54, 1.807) is 0 Å². The Kier molecular flexibility index (Phi) is 4.21. The van der Waals surface area contributed by atoms with Crippen molar-refractivity contribution in [3.05, 3.63) is 23.4 Å². The number of carbonyl (C=O) groups excluding carboxylic acids is 1. The van der Waals surface area contributed by atoms with Crippen molar-refractivity contribution in [3.63, 3.8) is 0 Å². The average molecular weight is 327 g/mol. The summed E-state index contributed by atoms with van der Waals surface area (Å²) in [6.07, 6.45) is 6.52. The highest BCUT2D eigenvalue weighted by Gasteiger charge is 2.43. The van der Waals surface area contributed by atoms with Crippen molar-refractivity contribution in [3.8, 4) is 0 Å². The van der Waals surface area contributed by atoms with Gasteiger partial charge in [-0.1, -0.05) is 31.2 Å². The predicted octanol–water partition coefficient (Wildman–Crippen LogP) is 0.820. The molecule has 0 aromatic carbocycles. The molecule has 1 aliphatic heterocycles. The first-order valence-electron chi connectivity index (χ1n) is 6.55. The highest BCUT2D eigenvalue weighted by atomic mass is 32.2. The fourth-order valence-electron chi connectivity index (χ4n) is 2.42. The van der Waals surface area contributed by atoms with Gasteiger partial charge in [-0.25, -0.2) is 9.79 Å². The molecule has 0 saturated carbocycles. The number of hydrogen-bond donors (Lipinski definition) is 1. The minimum atomic E-state index is -3.87. The van der Waals surface area contributed by atoms with Crippen LogP contribution in [0.4, 0.5) is 0 Å². The van der Waals surface area contributed by atoms with Crippen LogP contribution in [0.5, 0.6) is 0 Å². The van der Waals surface area contributed by atoms with Crippen LogP contribution < -0.4 is 5.90 Å². The second-order valence-corrected chi connectivity index (χ2v) is 7.05. The first-order valence-corrected chi connectivity index (χ1v) is 8.37. The van der Waals surface area contributed by atoms with Gasteiger partial charge in [-0.05, 0) is 18.4 Å². The van der Waals surface area contributed by atoms with Crippen LogP contribution >= 0.6 is 0 Å². The first kappa shape index (κ1) is 16.4. The van der Waals surface area contributed by atoms with E-state index in [-0.39, 0.29) is 11.4 Å². The third kappa shape index (κ3) is 3.09. The molecule has 2 N–H and O–H groups in total. The molecule has 0 bridgehead atoms. The predicted molar refractivity (Wildman–Crippen MR) is 80.3 cm³/mol. The van der Waals surface area contributed by atoms with E-state index in [1.165, 1.54) is 0 Å². The topological polar surface area (TPSA) is 120 Å². The molecule has 8 nitrogen and oxygen atoms in total. The number of rotatable bonds is 4. The van der Waals surface area contributed by atoms with Crippen molar-refractivity contribution in [2.24, 2.45) is 21.5 Å². The SMILES string of the molecule is CC1(C)C2=CCCC=C2N=C1/C(=N/OS(C)(=O)=O)C(=O)ON. The lowest BCUT2D eigenvalue weighted by atomic mass is 9.77. The van der Waals surface area contributed by atoms with Gasteiger partial charge in [0.25, 0.3) is 0 Å². The van der Waals surface area contributed by atoms with Crippen LogP contribution in [0.15, 0.2) is 33.6 Å². The fraction of sp³-hybridized carbons (Fsp3) is 0.462. The van der Waals surface area contributed by atoms with Crippen LogP contribution in [0, 0.1) is 5.41 Å². The van der Waals surface area contributed by atoms with Crippen LogP contribution in [0.25, 0.3) is 0 Å². The van der Waals surface area contributed by atoms with Gasteiger partial charge in [0.05, 0.1) is 17.7 Å². The number of aliphatic imine (C=N–C) groups is 1. The molecule has 2 rings (SSSR count). The van der Waals surface area contributed by atoms with Crippen LogP contribution in [-0.4, -0.2) is 32.1 Å². The summed E-state index contributed by atoms with van der Waals surface area (Å²) in [6, 6.07) is 0. The molecule has 0 spiro atoms. The molecule has 0 radical (unpaired) electrons. The number of fused-ring (bicyclic) bond motifs is 1. The summed E-state index contributed by atoms with van der Waals surface area (Å²) in [5.74, 6) is 3.88. The number of hydrogen-bond acceptors (Lipinski definition) is 8. The second-order valence-electron chi connectivity index (χ2n) is 5.49. The van der Waals surface area contributed by atoms with E-state index in [2.05, 4.69) is 19.3 Å². The number of nitrogens with two attached hydrogens (primary N) is 1. The van der Waals surface area contributed by atoms with Crippen LogP contribution in [-0.2, 0) is 24.0 Å². The zero-order valence-corrected chi connectivity index (χ0v) is 13.3. The number of nitrogens with zero attached hydrogens (tertiary/aromatic N) is 2. The Labute approximate surface area is 128 Å². The molecule has 22 heavy (non-hydrogen) atoms. The number of oxime groups is 1. The summed E-state index contributed by atoms with van der Waals surface area (Å²) in [7, 11) is -3.87. The van der Waals surface area contributed by atoms with Crippen molar-refractivity contribution in [2.45, 2.75) is 26.7 Å². The molecule has 0 amide bonds. The summed E-state index contributed by atoms with van der Waals surface area (Å²) in [6.45, 7) is 3.70. The van der Waals surface area contributed by atoms with Gasteiger partial charge in [-0.15, -0.1) is 0 Å². The van der Waals surface area contributed by atoms with Crippen molar-refractivity contribution >= 4 is 27.5 Å². The van der Waals surface area contributed by atoms with E-state index >= 15 is 0 Å². The zero-order chi connectivity index (χ0) is 16.5. The lowest BCUT2D eigenvalue weighted by Gasteiger charge is -2.23. The first-order chi connectivity index (χ1) is 10.2. The van der Waals surface area contributed by atoms with E-state index in [0.717, 1.165) is 30.4 Å². The van der Waals surface area contributed by atoms with Gasteiger partial charge in [0.15, 0.2) is 0 Å². The smallest absolute Gasteiger partial charge is 0.368 e. The second kappa shape index (κ2) is 5.65. The summed E-state index contributed by atoms with van der Waals surface area (Å²) >= 11 is 0. The van der Waals surface area contributed by atoms with Gasteiger partial charge in [0, 0.05) is 5.41 Å². The maximum atomic E-state index is 11.8. The standard InChI is InChI=1S/C13H17N3O5S/c1-13(2)8-6-4-5-7-9(8)15-11(13)10(12(17)20-14)16-21-22(3,18)19/h6-7H,4-5,14H2,1-3H3/b16-10-. The fourth-order valence-corrected chi connectivity index (χ4v) is 2.63. The van der Waals surface area contributed by atoms with E-state index in [0.29, 0.717) is 0 Å². The molecular weight excluding hydrogens is 310 g/mol. The molecule has 9 heteroatoms. The Hall–Kier alpha value is -2.00. The highest BCUT2D eigenvalue weighted by Crippen LogP contribution is 2.43. The number of allylic oxidation sites excluding steroid dienone is 3. The van der Waals surface area contributed by atoms with Gasteiger partial charge in [0.1, 0.15) is 0 Å². The molecular formula is C13H17N3O5S. The minimum absolute atomic E-state index is 0.256. The largest absolute Gasteiger partial charge is 0.380 e. The molecule has 0 aromatic rings. The maximum Gasteiger partial charge on any atom is 0.380 e. The molecule has 0 atom stereocenters. The summed E-state index contributed by atoms with van der Waals surface area (Å²) < 4.78 is 26.6. The van der Waals surface area contributed by atoms with E-state index < -0.39 is 21.5 Å². The molecule has 0 fully saturated rings. The van der Waals surface area contributed by atoms with Crippen molar-refractivity contribution < 1.29 is 22.3 Å². The van der Waals surface area contributed by atoms with Crippen LogP contribution in [0.1, 0.15) is 26.7 Å². The average Bonchev–Trinajstić information content (AvgIpc) is 2.70. The normalized spacial score (nSPS) is 20.5. The maximum absolute atomic E-state index is 11.8.